The van der Waals surface area contributed by atoms with Gasteiger partial charge in [0.05, 0.1) is 29.4 Å². The van der Waals surface area contributed by atoms with Crippen LogP contribution in [0.5, 0.6) is 5.75 Å². The molecule has 4 amide bonds. The molecule has 10 nitrogen and oxygen atoms in total. The van der Waals surface area contributed by atoms with Crippen LogP contribution in [0.3, 0.4) is 0 Å². The maximum absolute atomic E-state index is 14.3. The lowest BCUT2D eigenvalue weighted by Crippen LogP contribution is -2.51. The Bertz CT molecular complexity index is 1450. The maximum Gasteiger partial charge on any atom is 0.261 e. The minimum atomic E-state index is -0.626. The Morgan fingerprint density at radius 3 is 2.41 bits per heavy atom. The fraction of sp³-hybridized carbons (Fsp3) is 0.387. The van der Waals surface area contributed by atoms with E-state index in [4.69, 9.17) is 4.74 Å². The van der Waals surface area contributed by atoms with Crippen molar-refractivity contribution in [3.8, 4) is 5.75 Å². The van der Waals surface area contributed by atoms with E-state index in [1.807, 2.05) is 24.3 Å². The van der Waals surface area contributed by atoms with E-state index in [2.05, 4.69) is 15.5 Å². The molecule has 2 aliphatic heterocycles. The molecular formula is C31H33N5O5. The topological polar surface area (TPSA) is 125 Å². The van der Waals surface area contributed by atoms with Crippen molar-refractivity contribution in [3.05, 3.63) is 82.7 Å². The van der Waals surface area contributed by atoms with Crippen molar-refractivity contribution in [1.82, 2.24) is 25.3 Å². The quantitative estimate of drug-likeness (QED) is 0.431. The van der Waals surface area contributed by atoms with Gasteiger partial charge >= 0.3 is 0 Å². The maximum atomic E-state index is 14.3. The third-order valence-corrected chi connectivity index (χ3v) is 8.61. The van der Waals surface area contributed by atoms with Gasteiger partial charge in [0.2, 0.25) is 11.8 Å². The van der Waals surface area contributed by atoms with Crippen molar-refractivity contribution in [2.75, 3.05) is 20.1 Å². The van der Waals surface area contributed by atoms with Crippen LogP contribution in [0, 0.1) is 11.8 Å². The van der Waals surface area contributed by atoms with E-state index in [9.17, 15) is 19.2 Å². The first-order valence-corrected chi connectivity index (χ1v) is 14.2. The van der Waals surface area contributed by atoms with Crippen LogP contribution in [0.1, 0.15) is 69.3 Å². The summed E-state index contributed by atoms with van der Waals surface area (Å²) in [5.74, 6) is -1.27. The van der Waals surface area contributed by atoms with Gasteiger partial charge in [0.15, 0.2) is 0 Å². The molecule has 3 aliphatic rings. The minimum Gasteiger partial charge on any atom is -0.487 e. The predicted octanol–water partition coefficient (Wildman–Crippen LogP) is 3.26. The smallest absolute Gasteiger partial charge is 0.261 e. The second kappa shape index (κ2) is 11.2. The summed E-state index contributed by atoms with van der Waals surface area (Å²) in [7, 11) is 1.60. The number of rotatable bonds is 7. The van der Waals surface area contributed by atoms with Gasteiger partial charge in [0, 0.05) is 37.2 Å². The number of imide groups is 1. The molecule has 3 atom stereocenters. The number of nitrogens with one attached hydrogen (secondary N) is 2. The largest absolute Gasteiger partial charge is 0.487 e. The number of H-pyrrole nitrogens is 1. The van der Waals surface area contributed by atoms with Crippen LogP contribution in [0.25, 0.3) is 0 Å². The number of benzene rings is 2. The number of hydrogen-bond acceptors (Lipinski definition) is 6. The van der Waals surface area contributed by atoms with E-state index in [0.29, 0.717) is 42.7 Å². The van der Waals surface area contributed by atoms with Crippen molar-refractivity contribution in [2.24, 2.45) is 11.8 Å². The molecule has 1 saturated carbocycles. The van der Waals surface area contributed by atoms with E-state index in [1.165, 1.54) is 4.90 Å². The number of hydrogen-bond donors (Lipinski definition) is 2. The molecular weight excluding hydrogens is 522 g/mol. The Labute approximate surface area is 238 Å². The normalized spacial score (nSPS) is 21.8. The molecule has 3 aromatic rings. The first-order chi connectivity index (χ1) is 20.0. The van der Waals surface area contributed by atoms with E-state index in [1.54, 1.807) is 42.4 Å². The van der Waals surface area contributed by atoms with E-state index >= 15 is 0 Å². The average molecular weight is 556 g/mol. The van der Waals surface area contributed by atoms with Crippen molar-refractivity contribution in [2.45, 2.75) is 44.8 Å². The third-order valence-electron chi connectivity index (χ3n) is 8.61. The Hall–Kier alpha value is -4.47. The molecule has 2 N–H and O–H groups in total. The second-order valence-electron chi connectivity index (χ2n) is 10.9. The zero-order valence-electron chi connectivity index (χ0n) is 23.0. The van der Waals surface area contributed by atoms with Crippen LogP contribution < -0.4 is 10.1 Å². The van der Waals surface area contributed by atoms with Crippen molar-refractivity contribution in [3.63, 3.8) is 0 Å². The number of amides is 4. The summed E-state index contributed by atoms with van der Waals surface area (Å²) in [5, 5.41) is 9.61. The second-order valence-corrected chi connectivity index (χ2v) is 10.9. The number of nitrogens with zero attached hydrogens (tertiary/aromatic N) is 3. The first-order valence-electron chi connectivity index (χ1n) is 14.2. The predicted molar refractivity (Wildman–Crippen MR) is 149 cm³/mol. The molecule has 41 heavy (non-hydrogen) atoms. The number of aromatic amines is 1. The van der Waals surface area contributed by atoms with E-state index in [0.717, 1.165) is 29.7 Å². The molecule has 3 heterocycles. The summed E-state index contributed by atoms with van der Waals surface area (Å²) in [6, 6.07) is 13.8. The van der Waals surface area contributed by atoms with Gasteiger partial charge in [-0.15, -0.1) is 0 Å². The van der Waals surface area contributed by atoms with Crippen molar-refractivity contribution in [1.29, 1.82) is 0 Å². The first kappa shape index (κ1) is 26.7. The molecule has 0 radical (unpaired) electrons. The molecule has 0 bridgehead atoms. The summed E-state index contributed by atoms with van der Waals surface area (Å²) < 4.78 is 6.25. The standard InChI is InChI=1S/C31H33N5O5/c1-32-28(37)21-8-2-3-9-22(21)29(38)35-16-14-19-7-6-12-26(41-18-20-13-15-33-34-20)27(19)25(35)17-36-30(39)23-10-4-5-11-24(23)31(36)40/h4-7,10-13,15,21-22,25H,2-3,8-9,14,16-18H2,1H3,(H,32,37)(H,33,34)/t21-,22+,25+/m0/s1. The SMILES string of the molecule is CNC(=O)[C@H]1CCCC[C@H]1C(=O)N1CCc2cccc(OCc3ccn[nH]3)c2[C@H]1CN1C(=O)c2ccccc2C1=O. The number of fused-ring (bicyclic) bond motifs is 2. The Morgan fingerprint density at radius 2 is 1.73 bits per heavy atom. The van der Waals surface area contributed by atoms with Gasteiger partial charge in [-0.05, 0) is 49.1 Å². The van der Waals surface area contributed by atoms with Crippen LogP contribution in [0.4, 0.5) is 0 Å². The highest BCUT2D eigenvalue weighted by Crippen LogP contribution is 2.41. The number of aromatic nitrogens is 2. The zero-order chi connectivity index (χ0) is 28.5. The van der Waals surface area contributed by atoms with Crippen LogP contribution in [0.2, 0.25) is 0 Å². The lowest BCUT2D eigenvalue weighted by Gasteiger charge is -2.42. The molecule has 212 valence electrons. The monoisotopic (exact) mass is 555 g/mol. The number of carbonyl (C=O) groups is 4. The molecule has 0 unspecified atom stereocenters. The summed E-state index contributed by atoms with van der Waals surface area (Å²) >= 11 is 0. The van der Waals surface area contributed by atoms with Gasteiger partial charge in [0.25, 0.3) is 11.8 Å². The lowest BCUT2D eigenvalue weighted by atomic mass is 9.77. The highest BCUT2D eigenvalue weighted by Gasteiger charge is 2.45. The summed E-state index contributed by atoms with van der Waals surface area (Å²) in [4.78, 5) is 57.0. The van der Waals surface area contributed by atoms with Crippen molar-refractivity contribution >= 4 is 23.6 Å². The van der Waals surface area contributed by atoms with Gasteiger partial charge in [-0.25, -0.2) is 0 Å². The molecule has 0 saturated heterocycles. The Balaban J connectivity index is 1.38. The average Bonchev–Trinajstić information content (AvgIpc) is 3.62. The summed E-state index contributed by atoms with van der Waals surface area (Å²) in [5.41, 5.74) is 3.31. The molecule has 0 spiro atoms. The molecule has 10 heteroatoms. The van der Waals surface area contributed by atoms with E-state index in [-0.39, 0.29) is 36.8 Å². The fourth-order valence-electron chi connectivity index (χ4n) is 6.55. The fourth-order valence-corrected chi connectivity index (χ4v) is 6.55. The zero-order valence-corrected chi connectivity index (χ0v) is 23.0. The van der Waals surface area contributed by atoms with Crippen LogP contribution >= 0.6 is 0 Å². The van der Waals surface area contributed by atoms with Crippen LogP contribution in [-0.4, -0.2) is 63.8 Å². The van der Waals surface area contributed by atoms with Crippen molar-refractivity contribution < 1.29 is 23.9 Å². The molecule has 1 aromatic heterocycles. The summed E-state index contributed by atoms with van der Waals surface area (Å²) in [6.07, 6.45) is 5.29. The molecule has 6 rings (SSSR count). The molecule has 1 aliphatic carbocycles. The molecule has 1 fully saturated rings. The molecule has 2 aromatic carbocycles. The number of ether oxygens (including phenoxy) is 1. The van der Waals surface area contributed by atoms with Crippen LogP contribution in [0.15, 0.2) is 54.7 Å². The Kier molecular flexibility index (Phi) is 7.30. The third kappa shape index (κ3) is 4.87. The van der Waals surface area contributed by atoms with Gasteiger partial charge in [-0.3, -0.25) is 29.2 Å². The van der Waals surface area contributed by atoms with Gasteiger partial charge < -0.3 is 15.0 Å². The lowest BCUT2D eigenvalue weighted by molar-refractivity contribution is -0.146. The van der Waals surface area contributed by atoms with Crippen LogP contribution in [-0.2, 0) is 22.6 Å². The van der Waals surface area contributed by atoms with E-state index < -0.39 is 17.9 Å². The van der Waals surface area contributed by atoms with Gasteiger partial charge in [-0.2, -0.15) is 5.10 Å². The van der Waals surface area contributed by atoms with Gasteiger partial charge in [0.1, 0.15) is 12.4 Å². The summed E-state index contributed by atoms with van der Waals surface area (Å²) in [6.45, 7) is 0.652. The minimum absolute atomic E-state index is 0.00707. The number of carbonyl (C=O) groups excluding carboxylic acids is 4. The highest BCUT2D eigenvalue weighted by atomic mass is 16.5. The Morgan fingerprint density at radius 1 is 1.00 bits per heavy atom. The highest BCUT2D eigenvalue weighted by molar-refractivity contribution is 6.21. The van der Waals surface area contributed by atoms with Gasteiger partial charge in [-0.1, -0.05) is 37.1 Å².